The molecule has 0 unspecified atom stereocenters. The van der Waals surface area contributed by atoms with Gasteiger partial charge in [-0.15, -0.1) is 0 Å². The van der Waals surface area contributed by atoms with Crippen LogP contribution in [0.15, 0.2) is 158 Å². The molecule has 0 N–H and O–H groups in total. The van der Waals surface area contributed by atoms with Gasteiger partial charge in [0, 0.05) is 0 Å². The van der Waals surface area contributed by atoms with Gasteiger partial charge in [0.15, 0.2) is 0 Å². The minimum absolute atomic E-state index is 0.00521. The third-order valence-corrected chi connectivity index (χ3v) is 21.5. The van der Waals surface area contributed by atoms with Gasteiger partial charge in [-0.05, 0) is 275 Å². The van der Waals surface area contributed by atoms with E-state index in [-0.39, 0.29) is 32.5 Å². The molecule has 0 saturated carbocycles. The third-order valence-electron chi connectivity index (χ3n) is 21.5. The molecule has 0 saturated heterocycles. The van der Waals surface area contributed by atoms with Crippen molar-refractivity contribution in [2.75, 3.05) is 0 Å². The maximum absolute atomic E-state index is 2.58. The van der Waals surface area contributed by atoms with E-state index in [0.29, 0.717) is 0 Å². The zero-order valence-electron chi connectivity index (χ0n) is 55.0. The van der Waals surface area contributed by atoms with E-state index >= 15 is 0 Å². The van der Waals surface area contributed by atoms with Crippen LogP contribution in [0, 0.1) is 0 Å². The predicted molar refractivity (Wildman–Crippen MR) is 391 cm³/mol. The lowest BCUT2D eigenvalue weighted by molar-refractivity contribution is 0.590. The number of hydrogen-bond donors (Lipinski definition) is 0. The van der Waals surface area contributed by atoms with Gasteiger partial charge in [-0.1, -0.05) is 246 Å². The normalized spacial score (nSPS) is 14.0. The Bertz CT molecular complexity index is 5450. The van der Waals surface area contributed by atoms with Gasteiger partial charge in [0.1, 0.15) is 0 Å². The molecule has 0 aliphatic heterocycles. The van der Waals surface area contributed by atoms with E-state index in [1.807, 2.05) is 0 Å². The average Bonchev–Trinajstić information content (AvgIpc) is 1.52. The van der Waals surface area contributed by atoms with Crippen LogP contribution in [0.2, 0.25) is 0 Å². The molecule has 0 spiro atoms. The molecular formula is C88H80. The summed E-state index contributed by atoms with van der Waals surface area (Å²) in [7, 11) is 0. The SMILES string of the molecule is CC(C)(C)c1ccc(-c2c3cc(C(C)(C)C)cc4c5cc(C(C)(C)C)ccc5c(c34)c3c4ccc5c6ccc7c8c(-c9ccc(C(C)(C)C)cc9)c9cc(C(C)(C)C)cc%10c%11cc(C(C)(C)C)ccc%11c(c9%10)c8c8ccc(c9ccc(c23)c4c95)c6c78)cc1. The molecule has 0 heteroatoms. The molecule has 0 amide bonds. The van der Waals surface area contributed by atoms with Gasteiger partial charge < -0.3 is 0 Å². The van der Waals surface area contributed by atoms with Crippen LogP contribution in [0.1, 0.15) is 158 Å². The zero-order chi connectivity index (χ0) is 61.3. The van der Waals surface area contributed by atoms with Crippen LogP contribution >= 0.6 is 0 Å². The summed E-state index contributed by atoms with van der Waals surface area (Å²) in [6.07, 6.45) is 0. The van der Waals surface area contributed by atoms with E-state index in [9.17, 15) is 0 Å². The minimum atomic E-state index is -0.0633. The van der Waals surface area contributed by atoms with Crippen molar-refractivity contribution in [2.45, 2.75) is 157 Å². The molecule has 0 aliphatic carbocycles. The van der Waals surface area contributed by atoms with E-state index < -0.39 is 0 Å². The van der Waals surface area contributed by atoms with Crippen LogP contribution in [-0.2, 0) is 32.5 Å². The molecule has 17 rings (SSSR count). The molecule has 0 bridgehead atoms. The summed E-state index contributed by atoms with van der Waals surface area (Å²) >= 11 is 0. The van der Waals surface area contributed by atoms with E-state index in [2.05, 4.69) is 282 Å². The molecule has 0 radical (unpaired) electrons. The van der Waals surface area contributed by atoms with Gasteiger partial charge in [-0.2, -0.15) is 0 Å². The van der Waals surface area contributed by atoms with Crippen LogP contribution in [0.25, 0.3) is 173 Å². The first-order valence-electron chi connectivity index (χ1n) is 32.6. The maximum Gasteiger partial charge on any atom is -0.000696 e. The topological polar surface area (TPSA) is 0 Å². The second kappa shape index (κ2) is 16.9. The summed E-state index contributed by atoms with van der Waals surface area (Å²) in [4.78, 5) is 0. The first kappa shape index (κ1) is 53.9. The number of hydrogen-bond acceptors (Lipinski definition) is 0. The second-order valence-corrected chi connectivity index (χ2v) is 33.2. The quantitative estimate of drug-likeness (QED) is 0.120. The van der Waals surface area contributed by atoms with Crippen LogP contribution in [-0.4, -0.2) is 0 Å². The van der Waals surface area contributed by atoms with E-state index in [4.69, 9.17) is 0 Å². The van der Waals surface area contributed by atoms with Gasteiger partial charge in [-0.3, -0.25) is 0 Å². The highest BCUT2D eigenvalue weighted by molar-refractivity contribution is 6.54. The lowest BCUT2D eigenvalue weighted by Crippen LogP contribution is -2.11. The van der Waals surface area contributed by atoms with Crippen LogP contribution < -0.4 is 0 Å². The lowest BCUT2D eigenvalue weighted by Gasteiger charge is -2.22. The molecule has 0 nitrogen and oxygen atoms in total. The number of fused-ring (bicyclic) bond motifs is 16. The molecule has 0 heterocycles. The fourth-order valence-corrected chi connectivity index (χ4v) is 16.6. The molecule has 0 fully saturated rings. The maximum atomic E-state index is 2.58. The Morgan fingerprint density at radius 1 is 0.148 bits per heavy atom. The first-order valence-corrected chi connectivity index (χ1v) is 32.6. The van der Waals surface area contributed by atoms with Crippen molar-refractivity contribution < 1.29 is 0 Å². The van der Waals surface area contributed by atoms with Gasteiger partial charge >= 0.3 is 0 Å². The fourth-order valence-electron chi connectivity index (χ4n) is 16.6. The number of rotatable bonds is 2. The molecular weight excluding hydrogens is 1060 g/mol. The Kier molecular flexibility index (Phi) is 10.3. The van der Waals surface area contributed by atoms with Crippen molar-refractivity contribution in [3.05, 3.63) is 191 Å². The van der Waals surface area contributed by atoms with Crippen molar-refractivity contribution >= 4 is 151 Å². The van der Waals surface area contributed by atoms with Crippen molar-refractivity contribution in [2.24, 2.45) is 0 Å². The van der Waals surface area contributed by atoms with Gasteiger partial charge in [-0.25, -0.2) is 0 Å². The third kappa shape index (κ3) is 7.10. The highest BCUT2D eigenvalue weighted by Gasteiger charge is 2.33. The minimum Gasteiger partial charge on any atom is -0.0579 e. The smallest absolute Gasteiger partial charge is 0.000696 e. The van der Waals surface area contributed by atoms with Crippen molar-refractivity contribution in [1.29, 1.82) is 0 Å². The summed E-state index contributed by atoms with van der Waals surface area (Å²) in [5.41, 5.74) is 13.4. The van der Waals surface area contributed by atoms with Gasteiger partial charge in [0.2, 0.25) is 0 Å². The summed E-state index contributed by atoms with van der Waals surface area (Å²) in [5, 5.41) is 38.3. The summed E-state index contributed by atoms with van der Waals surface area (Å²) in [6, 6.07) is 64.6. The summed E-state index contributed by atoms with van der Waals surface area (Å²) in [6.45, 7) is 42.4. The fraction of sp³-hybridized carbons (Fsp3) is 0.273. The Morgan fingerprint density at radius 2 is 0.352 bits per heavy atom. The molecule has 17 aromatic carbocycles. The van der Waals surface area contributed by atoms with Crippen molar-refractivity contribution in [3.63, 3.8) is 0 Å². The van der Waals surface area contributed by atoms with Gasteiger partial charge in [0.25, 0.3) is 0 Å². The molecule has 17 aromatic rings. The van der Waals surface area contributed by atoms with Crippen molar-refractivity contribution in [3.8, 4) is 22.3 Å². The Labute approximate surface area is 518 Å². The molecule has 0 aliphatic rings. The molecule has 0 aromatic heterocycles. The van der Waals surface area contributed by atoms with E-state index in [1.54, 1.807) is 0 Å². The summed E-state index contributed by atoms with van der Waals surface area (Å²) in [5.74, 6) is 0. The van der Waals surface area contributed by atoms with E-state index in [0.717, 1.165) is 0 Å². The standard InChI is InChI=1S/C88H80/c1-83(2,3)47-23-19-45(20-24-47)69-67-43-51(87(13,14)15)41-65-63-39-49(85(7,8)9)27-29-57(63)77(75(65)67)81-61-37-33-55-54-32-36-60-74-62(38-34-56(72(54)74)53-31-35-59(79(69)81)73(61)71(53)55)82-78-58-30-28-50(86(10,11)12)40-64(58)66-42-52(88(16,17)18)44-68(76(66)78)70(80(60)82)46-21-25-48(26-22-46)84(4,5)6/h19-44H,1-18H3. The zero-order valence-corrected chi connectivity index (χ0v) is 55.0. The monoisotopic (exact) mass is 1140 g/mol. The first-order chi connectivity index (χ1) is 41.5. The largest absolute Gasteiger partial charge is 0.0579 e. The van der Waals surface area contributed by atoms with Crippen LogP contribution in [0.4, 0.5) is 0 Å². The molecule has 432 valence electrons. The highest BCUT2D eigenvalue weighted by Crippen LogP contribution is 2.59. The van der Waals surface area contributed by atoms with Crippen molar-refractivity contribution in [1.82, 2.24) is 0 Å². The number of benzene rings is 13. The molecule has 88 heavy (non-hydrogen) atoms. The van der Waals surface area contributed by atoms with Crippen LogP contribution in [0.5, 0.6) is 0 Å². The highest BCUT2D eigenvalue weighted by atomic mass is 14.4. The Balaban J connectivity index is 1.05. The Morgan fingerprint density at radius 3 is 0.659 bits per heavy atom. The van der Waals surface area contributed by atoms with Gasteiger partial charge in [0.05, 0.1) is 0 Å². The lowest BCUT2D eigenvalue weighted by atomic mass is 9.82. The predicted octanol–water partition coefficient (Wildman–Crippen LogP) is 26.1. The van der Waals surface area contributed by atoms with E-state index in [1.165, 1.54) is 206 Å². The molecule has 0 atom stereocenters. The second-order valence-electron chi connectivity index (χ2n) is 33.2. The average molecular weight is 1140 g/mol. The Hall–Kier alpha value is -8.32. The summed E-state index contributed by atoms with van der Waals surface area (Å²) < 4.78 is 0. The van der Waals surface area contributed by atoms with Crippen LogP contribution in [0.3, 0.4) is 0 Å².